The number of esters is 2. The molecule has 0 unspecified atom stereocenters. The van der Waals surface area contributed by atoms with Crippen LogP contribution in [-0.2, 0) is 9.47 Å². The third-order valence-corrected chi connectivity index (χ3v) is 3.92. The van der Waals surface area contributed by atoms with Gasteiger partial charge in [0.25, 0.3) is 11.4 Å². The van der Waals surface area contributed by atoms with Gasteiger partial charge in [0, 0.05) is 12.1 Å². The molecule has 0 radical (unpaired) electrons. The van der Waals surface area contributed by atoms with Crippen molar-refractivity contribution in [2.24, 2.45) is 0 Å². The maximum atomic E-state index is 11.8. The molecule has 0 fully saturated rings. The summed E-state index contributed by atoms with van der Waals surface area (Å²) >= 11 is 0. The fourth-order valence-electron chi connectivity index (χ4n) is 2.55. The van der Waals surface area contributed by atoms with Gasteiger partial charge in [0.15, 0.2) is 0 Å². The van der Waals surface area contributed by atoms with Gasteiger partial charge in [-0.15, -0.1) is 0 Å². The predicted molar refractivity (Wildman–Crippen MR) is 107 cm³/mol. The van der Waals surface area contributed by atoms with Gasteiger partial charge in [-0.25, -0.2) is 9.59 Å². The Morgan fingerprint density at radius 1 is 0.800 bits per heavy atom. The number of benzene rings is 2. The van der Waals surface area contributed by atoms with Crippen LogP contribution < -0.4 is 0 Å². The summed E-state index contributed by atoms with van der Waals surface area (Å²) in [5, 5.41) is 22.8. The van der Waals surface area contributed by atoms with E-state index in [2.05, 4.69) is 0 Å². The van der Waals surface area contributed by atoms with E-state index in [-0.39, 0.29) is 46.8 Å². The number of rotatable bonds is 8. The van der Waals surface area contributed by atoms with Crippen LogP contribution in [0.1, 0.15) is 45.7 Å². The number of carbonyl (C=O) groups is 2. The summed E-state index contributed by atoms with van der Waals surface area (Å²) in [6, 6.07) is 7.58. The topological polar surface area (TPSA) is 139 Å². The van der Waals surface area contributed by atoms with Crippen LogP contribution in [0.4, 0.5) is 11.4 Å². The molecule has 0 aromatic heterocycles. The van der Waals surface area contributed by atoms with Crippen molar-refractivity contribution >= 4 is 35.5 Å². The summed E-state index contributed by atoms with van der Waals surface area (Å²) < 4.78 is 9.66. The fraction of sp³-hybridized carbons (Fsp3) is 0.200. The Morgan fingerprint density at radius 2 is 1.17 bits per heavy atom. The lowest BCUT2D eigenvalue weighted by Crippen LogP contribution is -2.06. The molecule has 0 atom stereocenters. The van der Waals surface area contributed by atoms with Crippen molar-refractivity contribution in [1.82, 2.24) is 0 Å². The van der Waals surface area contributed by atoms with Crippen LogP contribution in [0.3, 0.4) is 0 Å². The molecule has 2 aromatic rings. The lowest BCUT2D eigenvalue weighted by atomic mass is 10.0. The summed E-state index contributed by atoms with van der Waals surface area (Å²) in [4.78, 5) is 45.0. The molecule has 156 valence electrons. The van der Waals surface area contributed by atoms with Crippen LogP contribution in [0.15, 0.2) is 36.4 Å². The molecule has 2 aromatic carbocycles. The summed E-state index contributed by atoms with van der Waals surface area (Å²) in [5.41, 5.74) is -0.408. The van der Waals surface area contributed by atoms with Crippen molar-refractivity contribution in [2.45, 2.75) is 13.8 Å². The summed E-state index contributed by atoms with van der Waals surface area (Å²) in [7, 11) is 0. The second-order valence-electron chi connectivity index (χ2n) is 5.84. The van der Waals surface area contributed by atoms with Gasteiger partial charge in [0.2, 0.25) is 0 Å². The van der Waals surface area contributed by atoms with Crippen molar-refractivity contribution in [1.29, 1.82) is 0 Å². The Bertz CT molecular complexity index is 948. The number of nitro benzene ring substituents is 2. The normalized spacial score (nSPS) is 10.6. The zero-order valence-corrected chi connectivity index (χ0v) is 16.2. The summed E-state index contributed by atoms with van der Waals surface area (Å²) in [6.07, 6.45) is 2.64. The van der Waals surface area contributed by atoms with Gasteiger partial charge in [-0.2, -0.15) is 0 Å². The number of nitro groups is 2. The van der Waals surface area contributed by atoms with E-state index < -0.39 is 21.8 Å². The van der Waals surface area contributed by atoms with Crippen LogP contribution >= 0.6 is 0 Å². The molecular formula is C20H18N2O8. The Labute approximate surface area is 171 Å². The van der Waals surface area contributed by atoms with Gasteiger partial charge in [0.05, 0.1) is 45.3 Å². The quantitative estimate of drug-likeness (QED) is 0.273. The molecule has 0 aliphatic carbocycles. The van der Waals surface area contributed by atoms with Crippen molar-refractivity contribution in [3.8, 4) is 0 Å². The maximum Gasteiger partial charge on any atom is 0.338 e. The second kappa shape index (κ2) is 9.92. The SMILES string of the molecule is CCOC(=O)c1ccc(/C=C/c2ccc(C(=O)OCC)cc2[N+](=O)[O-])c([N+](=O)[O-])c1. The predicted octanol–water partition coefficient (Wildman–Crippen LogP) is 4.03. The van der Waals surface area contributed by atoms with Crippen molar-refractivity contribution in [3.63, 3.8) is 0 Å². The molecule has 0 saturated carbocycles. The maximum absolute atomic E-state index is 11.8. The van der Waals surface area contributed by atoms with E-state index in [1.807, 2.05) is 0 Å². The van der Waals surface area contributed by atoms with E-state index in [9.17, 15) is 29.8 Å². The van der Waals surface area contributed by atoms with Gasteiger partial charge >= 0.3 is 11.9 Å². The van der Waals surface area contributed by atoms with Crippen LogP contribution in [0, 0.1) is 20.2 Å². The Kier molecular flexibility index (Phi) is 7.34. The van der Waals surface area contributed by atoms with Crippen LogP contribution in [0.25, 0.3) is 12.2 Å². The molecule has 10 heteroatoms. The van der Waals surface area contributed by atoms with Crippen LogP contribution in [0.2, 0.25) is 0 Å². The van der Waals surface area contributed by atoms with Gasteiger partial charge in [0.1, 0.15) is 0 Å². The molecule has 2 rings (SSSR count). The molecule has 30 heavy (non-hydrogen) atoms. The monoisotopic (exact) mass is 414 g/mol. The highest BCUT2D eigenvalue weighted by Gasteiger charge is 2.19. The number of carbonyl (C=O) groups excluding carboxylic acids is 2. The summed E-state index contributed by atoms with van der Waals surface area (Å²) in [5.74, 6) is -1.39. The van der Waals surface area contributed by atoms with E-state index in [1.54, 1.807) is 13.8 Å². The van der Waals surface area contributed by atoms with E-state index in [1.165, 1.54) is 36.4 Å². The molecule has 0 heterocycles. The molecule has 0 amide bonds. The van der Waals surface area contributed by atoms with Crippen molar-refractivity contribution in [3.05, 3.63) is 78.9 Å². The molecule has 0 bridgehead atoms. The van der Waals surface area contributed by atoms with Gasteiger partial charge in [-0.3, -0.25) is 20.2 Å². The minimum absolute atomic E-state index is 0.0190. The molecular weight excluding hydrogens is 396 g/mol. The molecule has 0 aliphatic rings. The zero-order chi connectivity index (χ0) is 22.3. The highest BCUT2D eigenvalue weighted by Crippen LogP contribution is 2.26. The number of hydrogen-bond donors (Lipinski definition) is 0. The highest BCUT2D eigenvalue weighted by atomic mass is 16.6. The standard InChI is InChI=1S/C20H18N2O8/c1-3-29-19(23)15-9-7-13(17(11-15)21(25)26)5-6-14-8-10-16(20(24)30-4-2)12-18(14)22(27)28/h5-12H,3-4H2,1-2H3/b6-5+. The smallest absolute Gasteiger partial charge is 0.338 e. The summed E-state index contributed by atoms with van der Waals surface area (Å²) in [6.45, 7) is 3.48. The Morgan fingerprint density at radius 3 is 1.47 bits per heavy atom. The van der Waals surface area contributed by atoms with Gasteiger partial charge in [-0.1, -0.05) is 0 Å². The lowest BCUT2D eigenvalue weighted by molar-refractivity contribution is -0.385. The molecule has 0 spiro atoms. The zero-order valence-electron chi connectivity index (χ0n) is 16.2. The number of ether oxygens (including phenoxy) is 2. The third-order valence-electron chi connectivity index (χ3n) is 3.92. The molecule has 0 saturated heterocycles. The van der Waals surface area contributed by atoms with E-state index in [0.717, 1.165) is 12.1 Å². The van der Waals surface area contributed by atoms with Crippen molar-refractivity contribution < 1.29 is 28.9 Å². The number of hydrogen-bond acceptors (Lipinski definition) is 8. The van der Waals surface area contributed by atoms with E-state index in [0.29, 0.717) is 0 Å². The lowest BCUT2D eigenvalue weighted by Gasteiger charge is -2.05. The van der Waals surface area contributed by atoms with Gasteiger partial charge < -0.3 is 9.47 Å². The molecule has 0 aliphatic heterocycles. The Hall–Kier alpha value is -4.08. The van der Waals surface area contributed by atoms with E-state index in [4.69, 9.17) is 9.47 Å². The average Bonchev–Trinajstić information content (AvgIpc) is 2.72. The minimum atomic E-state index is -0.693. The fourth-order valence-corrected chi connectivity index (χ4v) is 2.55. The Balaban J connectivity index is 2.43. The molecule has 10 nitrogen and oxygen atoms in total. The first-order valence-corrected chi connectivity index (χ1v) is 8.87. The largest absolute Gasteiger partial charge is 0.462 e. The highest BCUT2D eigenvalue weighted by molar-refractivity contribution is 5.92. The first-order chi connectivity index (χ1) is 14.3. The van der Waals surface area contributed by atoms with Crippen molar-refractivity contribution in [2.75, 3.05) is 13.2 Å². The third kappa shape index (κ3) is 5.25. The minimum Gasteiger partial charge on any atom is -0.462 e. The van der Waals surface area contributed by atoms with Crippen LogP contribution in [0.5, 0.6) is 0 Å². The van der Waals surface area contributed by atoms with Gasteiger partial charge in [-0.05, 0) is 50.3 Å². The van der Waals surface area contributed by atoms with E-state index >= 15 is 0 Å². The van der Waals surface area contributed by atoms with Crippen LogP contribution in [-0.4, -0.2) is 35.0 Å². The number of nitrogens with zero attached hydrogens (tertiary/aromatic N) is 2. The second-order valence-corrected chi connectivity index (χ2v) is 5.84. The first kappa shape index (κ1) is 22.2. The average molecular weight is 414 g/mol. The first-order valence-electron chi connectivity index (χ1n) is 8.87. The molecule has 0 N–H and O–H groups in total.